The van der Waals surface area contributed by atoms with Gasteiger partial charge in [0.15, 0.2) is 0 Å². The third-order valence-corrected chi connectivity index (χ3v) is 3.19. The average Bonchev–Trinajstić information content (AvgIpc) is 2.95. The van der Waals surface area contributed by atoms with Gasteiger partial charge in [0.2, 0.25) is 0 Å². The van der Waals surface area contributed by atoms with Crippen LogP contribution in [0.3, 0.4) is 0 Å². The molecule has 0 aromatic carbocycles. The van der Waals surface area contributed by atoms with Crippen LogP contribution < -0.4 is 10.6 Å². The molecule has 1 saturated heterocycles. The van der Waals surface area contributed by atoms with Gasteiger partial charge in [-0.25, -0.2) is 4.98 Å². The van der Waals surface area contributed by atoms with Crippen molar-refractivity contribution in [2.45, 2.75) is 12.5 Å². The fraction of sp³-hybridized carbons (Fsp3) is 0.364. The zero-order chi connectivity index (χ0) is 12.7. The molecule has 7 heteroatoms. The van der Waals surface area contributed by atoms with Crippen LogP contribution in [0, 0.1) is 0 Å². The highest BCUT2D eigenvalue weighted by Crippen LogP contribution is 2.27. The Hall–Kier alpha value is -2.15. The van der Waals surface area contributed by atoms with E-state index in [9.17, 15) is 9.90 Å². The first-order valence-electron chi connectivity index (χ1n) is 5.71. The van der Waals surface area contributed by atoms with Crippen molar-refractivity contribution < 1.29 is 9.90 Å². The molecule has 2 aromatic heterocycles. The van der Waals surface area contributed by atoms with Gasteiger partial charge in [-0.15, -0.1) is 0 Å². The molecule has 3 rings (SSSR count). The number of pyridine rings is 1. The van der Waals surface area contributed by atoms with E-state index in [-0.39, 0.29) is 6.10 Å². The van der Waals surface area contributed by atoms with Crippen LogP contribution in [-0.2, 0) is 0 Å². The molecule has 2 aromatic rings. The summed E-state index contributed by atoms with van der Waals surface area (Å²) in [6, 6.07) is 0. The van der Waals surface area contributed by atoms with E-state index in [1.807, 2.05) is 4.90 Å². The summed E-state index contributed by atoms with van der Waals surface area (Å²) in [6.45, 7) is 1.29. The average molecular weight is 247 g/mol. The number of aliphatic hydroxyl groups is 1. The summed E-state index contributed by atoms with van der Waals surface area (Å²) in [6.07, 6.45) is 3.46. The predicted molar refractivity (Wildman–Crippen MR) is 65.2 cm³/mol. The minimum atomic E-state index is -0.537. The lowest BCUT2D eigenvalue weighted by molar-refractivity contribution is 0.100. The number of H-pyrrole nitrogens is 1. The van der Waals surface area contributed by atoms with Crippen molar-refractivity contribution in [2.75, 3.05) is 18.0 Å². The molecule has 1 aliphatic rings. The molecule has 0 spiro atoms. The summed E-state index contributed by atoms with van der Waals surface area (Å²) in [4.78, 5) is 17.5. The largest absolute Gasteiger partial charge is 0.391 e. The van der Waals surface area contributed by atoms with Crippen LogP contribution in [0.15, 0.2) is 12.4 Å². The number of aliphatic hydroxyl groups excluding tert-OH is 1. The Kier molecular flexibility index (Phi) is 2.41. The second-order valence-corrected chi connectivity index (χ2v) is 4.41. The highest BCUT2D eigenvalue weighted by Gasteiger charge is 2.24. The number of hydrogen-bond donors (Lipinski definition) is 3. The van der Waals surface area contributed by atoms with Gasteiger partial charge < -0.3 is 15.7 Å². The maximum Gasteiger partial charge on any atom is 0.252 e. The molecule has 1 atom stereocenters. The lowest BCUT2D eigenvalue weighted by atomic mass is 10.2. The topological polar surface area (TPSA) is 108 Å². The number of carbonyl (C=O) groups is 1. The molecule has 7 nitrogen and oxygen atoms in total. The van der Waals surface area contributed by atoms with Crippen molar-refractivity contribution in [3.8, 4) is 0 Å². The first-order valence-corrected chi connectivity index (χ1v) is 5.71. The van der Waals surface area contributed by atoms with Gasteiger partial charge in [0.1, 0.15) is 5.82 Å². The maximum absolute atomic E-state index is 11.3. The summed E-state index contributed by atoms with van der Waals surface area (Å²) in [7, 11) is 0. The fourth-order valence-corrected chi connectivity index (χ4v) is 2.29. The van der Waals surface area contributed by atoms with Gasteiger partial charge in [0.05, 0.1) is 28.8 Å². The quantitative estimate of drug-likeness (QED) is 0.671. The Morgan fingerprint density at radius 2 is 2.39 bits per heavy atom. The molecule has 0 saturated carbocycles. The Balaban J connectivity index is 2.12. The molecule has 1 amide bonds. The van der Waals surface area contributed by atoms with Gasteiger partial charge in [0, 0.05) is 19.3 Å². The van der Waals surface area contributed by atoms with Crippen molar-refractivity contribution in [2.24, 2.45) is 5.73 Å². The Morgan fingerprint density at radius 3 is 3.06 bits per heavy atom. The maximum atomic E-state index is 11.3. The SMILES string of the molecule is NC(=O)c1cnc(N2CCC(O)C2)c2cn[nH]c12. The minimum Gasteiger partial charge on any atom is -0.391 e. The van der Waals surface area contributed by atoms with Crippen LogP contribution in [0.4, 0.5) is 5.82 Å². The fourth-order valence-electron chi connectivity index (χ4n) is 2.29. The standard InChI is InChI=1S/C11H13N5O2/c12-10(18)7-3-13-11(8-4-14-15-9(7)8)16-2-1-6(17)5-16/h3-4,6,17H,1-2,5H2,(H2,12,18)(H,14,15). The van der Waals surface area contributed by atoms with E-state index in [4.69, 9.17) is 5.73 Å². The van der Waals surface area contributed by atoms with Crippen molar-refractivity contribution in [1.29, 1.82) is 0 Å². The van der Waals surface area contributed by atoms with E-state index >= 15 is 0 Å². The monoisotopic (exact) mass is 247 g/mol. The number of aromatic nitrogens is 3. The third-order valence-electron chi connectivity index (χ3n) is 3.19. The van der Waals surface area contributed by atoms with E-state index in [0.29, 0.717) is 17.6 Å². The molecular weight excluding hydrogens is 234 g/mol. The number of β-amino-alcohol motifs (C(OH)–C–C–N with tert-alkyl or cyclic N) is 1. The lowest BCUT2D eigenvalue weighted by Crippen LogP contribution is -2.23. The van der Waals surface area contributed by atoms with Crippen LogP contribution in [0.2, 0.25) is 0 Å². The zero-order valence-corrected chi connectivity index (χ0v) is 9.63. The summed E-state index contributed by atoms with van der Waals surface area (Å²) < 4.78 is 0. The Bertz CT molecular complexity index is 608. The molecule has 0 radical (unpaired) electrons. The van der Waals surface area contributed by atoms with Crippen LogP contribution in [0.25, 0.3) is 10.9 Å². The molecular formula is C11H13N5O2. The van der Waals surface area contributed by atoms with E-state index in [1.165, 1.54) is 6.20 Å². The smallest absolute Gasteiger partial charge is 0.252 e. The van der Waals surface area contributed by atoms with Crippen molar-refractivity contribution in [3.05, 3.63) is 18.0 Å². The van der Waals surface area contributed by atoms with Gasteiger partial charge in [-0.05, 0) is 6.42 Å². The van der Waals surface area contributed by atoms with Gasteiger partial charge in [0.25, 0.3) is 5.91 Å². The van der Waals surface area contributed by atoms with Gasteiger partial charge in [-0.3, -0.25) is 9.89 Å². The zero-order valence-electron chi connectivity index (χ0n) is 9.63. The number of fused-ring (bicyclic) bond motifs is 1. The van der Waals surface area contributed by atoms with Crippen LogP contribution in [0.1, 0.15) is 16.8 Å². The number of aromatic amines is 1. The summed E-state index contributed by atoms with van der Waals surface area (Å²) in [5.41, 5.74) is 6.20. The summed E-state index contributed by atoms with van der Waals surface area (Å²) >= 11 is 0. The Morgan fingerprint density at radius 1 is 1.56 bits per heavy atom. The molecule has 4 N–H and O–H groups in total. The van der Waals surface area contributed by atoms with Gasteiger partial charge >= 0.3 is 0 Å². The van der Waals surface area contributed by atoms with Crippen LogP contribution in [0.5, 0.6) is 0 Å². The van der Waals surface area contributed by atoms with E-state index in [1.54, 1.807) is 6.20 Å². The van der Waals surface area contributed by atoms with Crippen LogP contribution >= 0.6 is 0 Å². The first kappa shape index (κ1) is 11.0. The number of primary amides is 1. The van der Waals surface area contributed by atoms with E-state index in [0.717, 1.165) is 24.2 Å². The summed E-state index contributed by atoms with van der Waals surface area (Å²) in [5, 5.41) is 17.0. The molecule has 1 aliphatic heterocycles. The molecule has 18 heavy (non-hydrogen) atoms. The molecule has 0 aliphatic carbocycles. The highest BCUT2D eigenvalue weighted by atomic mass is 16.3. The molecule has 3 heterocycles. The number of amides is 1. The Labute approximate surface area is 103 Å². The van der Waals surface area contributed by atoms with Gasteiger partial charge in [-0.1, -0.05) is 0 Å². The number of anilines is 1. The second kappa shape index (κ2) is 3.95. The number of nitrogens with two attached hydrogens (primary N) is 1. The van der Waals surface area contributed by atoms with Gasteiger partial charge in [-0.2, -0.15) is 5.10 Å². The number of carbonyl (C=O) groups excluding carboxylic acids is 1. The molecule has 94 valence electrons. The predicted octanol–water partition coefficient (Wildman–Crippen LogP) is -0.372. The van der Waals surface area contributed by atoms with Crippen molar-refractivity contribution in [3.63, 3.8) is 0 Å². The van der Waals surface area contributed by atoms with Crippen molar-refractivity contribution >= 4 is 22.6 Å². The van der Waals surface area contributed by atoms with E-state index in [2.05, 4.69) is 15.2 Å². The number of nitrogens with zero attached hydrogens (tertiary/aromatic N) is 3. The normalized spacial score (nSPS) is 19.6. The number of hydrogen-bond acceptors (Lipinski definition) is 5. The molecule has 1 fully saturated rings. The number of rotatable bonds is 2. The molecule has 0 bridgehead atoms. The van der Waals surface area contributed by atoms with E-state index < -0.39 is 5.91 Å². The third kappa shape index (κ3) is 1.60. The second-order valence-electron chi connectivity index (χ2n) is 4.41. The molecule has 1 unspecified atom stereocenters. The highest BCUT2D eigenvalue weighted by molar-refractivity contribution is 6.06. The van der Waals surface area contributed by atoms with Crippen molar-refractivity contribution in [1.82, 2.24) is 15.2 Å². The summed E-state index contributed by atoms with van der Waals surface area (Å²) in [5.74, 6) is 0.185. The first-order chi connectivity index (χ1) is 8.66. The van der Waals surface area contributed by atoms with Crippen LogP contribution in [-0.4, -0.2) is 45.4 Å². The lowest BCUT2D eigenvalue weighted by Gasteiger charge is -2.17. The minimum absolute atomic E-state index is 0.325. The number of nitrogens with one attached hydrogen (secondary N) is 1.